The number of nitrogens with one attached hydrogen (secondary N) is 2. The molecule has 0 aliphatic heterocycles. The maximum Gasteiger partial charge on any atom is 0.314 e. The normalized spacial score (nSPS) is 10.0. The Morgan fingerprint density at radius 2 is 1.62 bits per heavy atom. The van der Waals surface area contributed by atoms with Gasteiger partial charge in [0.05, 0.1) is 5.69 Å². The molecule has 7 heteroatoms. The molecular weight excluding hydrogens is 360 g/mol. The Kier molecular flexibility index (Phi) is 4.82. The molecule has 0 bridgehead atoms. The number of carbonyl (C=O) groups excluding carboxylic acids is 2. The Bertz CT molecular complexity index is 689. The van der Waals surface area contributed by atoms with E-state index in [2.05, 4.69) is 26.6 Å². The predicted octanol–water partition coefficient (Wildman–Crippen LogP) is 3.39. The second-order valence-corrected chi connectivity index (χ2v) is 5.43. The lowest BCUT2D eigenvalue weighted by Gasteiger charge is -2.08. The molecule has 0 unspecified atom stereocenters. The maximum atomic E-state index is 11.8. The number of carbonyl (C=O) groups is 2. The van der Waals surface area contributed by atoms with Crippen molar-refractivity contribution < 1.29 is 14.7 Å². The molecule has 0 saturated heterocycles. The second-order valence-electron chi connectivity index (χ2n) is 4.08. The third-order valence-electron chi connectivity index (χ3n) is 2.52. The Balaban J connectivity index is 2.04. The third-order valence-corrected chi connectivity index (χ3v) is 3.28. The molecule has 3 N–H and O–H groups in total. The van der Waals surface area contributed by atoms with Crippen molar-refractivity contribution in [3.8, 4) is 5.75 Å². The van der Waals surface area contributed by atoms with Crippen LogP contribution in [0.3, 0.4) is 0 Å². The summed E-state index contributed by atoms with van der Waals surface area (Å²) in [5.41, 5.74) is 0.548. The number of phenolic OH excluding ortho intramolecular Hbond substituents is 1. The molecule has 2 amide bonds. The first-order valence-corrected chi connectivity index (χ1v) is 6.99. The third kappa shape index (κ3) is 4.21. The van der Waals surface area contributed by atoms with E-state index in [1.54, 1.807) is 24.3 Å². The average Bonchev–Trinajstić information content (AvgIpc) is 2.45. The van der Waals surface area contributed by atoms with Crippen molar-refractivity contribution in [2.75, 3.05) is 10.6 Å². The summed E-state index contributed by atoms with van der Waals surface area (Å²) in [7, 11) is 0. The summed E-state index contributed by atoms with van der Waals surface area (Å²) < 4.78 is 0.855. The monoisotopic (exact) mass is 368 g/mol. The van der Waals surface area contributed by atoms with Crippen LogP contribution in [0.4, 0.5) is 11.4 Å². The van der Waals surface area contributed by atoms with Gasteiger partial charge in [0, 0.05) is 15.2 Å². The fourth-order valence-electron chi connectivity index (χ4n) is 1.51. The maximum absolute atomic E-state index is 11.8. The lowest BCUT2D eigenvalue weighted by molar-refractivity contribution is -0.133. The minimum atomic E-state index is -0.907. The first-order chi connectivity index (χ1) is 9.95. The molecule has 0 spiro atoms. The molecule has 0 fully saturated rings. The van der Waals surface area contributed by atoms with E-state index in [0.29, 0.717) is 10.7 Å². The van der Waals surface area contributed by atoms with Crippen molar-refractivity contribution in [2.45, 2.75) is 0 Å². The van der Waals surface area contributed by atoms with Gasteiger partial charge < -0.3 is 15.7 Å². The van der Waals surface area contributed by atoms with Crippen molar-refractivity contribution in [1.29, 1.82) is 0 Å². The Morgan fingerprint density at radius 3 is 2.29 bits per heavy atom. The molecule has 2 aromatic carbocycles. The summed E-state index contributed by atoms with van der Waals surface area (Å²) in [5.74, 6) is -1.93. The highest BCUT2D eigenvalue weighted by Gasteiger charge is 2.15. The van der Waals surface area contributed by atoms with Gasteiger partial charge in [0.2, 0.25) is 0 Å². The fraction of sp³-hybridized carbons (Fsp3) is 0. The van der Waals surface area contributed by atoms with Gasteiger partial charge in [-0.1, -0.05) is 27.5 Å². The number of benzene rings is 2. The number of aromatic hydroxyl groups is 1. The standard InChI is InChI=1S/C14H10BrClN2O3/c15-8-1-4-10(5-2-8)17-13(20)14(21)18-11-7-9(16)3-6-12(11)19/h1-7,19H,(H,17,20)(H,18,21). The molecule has 0 aliphatic carbocycles. The molecule has 2 rings (SSSR count). The van der Waals surface area contributed by atoms with Crippen LogP contribution in [-0.2, 0) is 9.59 Å². The number of amides is 2. The van der Waals surface area contributed by atoms with Crippen molar-refractivity contribution in [1.82, 2.24) is 0 Å². The van der Waals surface area contributed by atoms with Crippen LogP contribution in [0.25, 0.3) is 0 Å². The van der Waals surface area contributed by atoms with Crippen molar-refractivity contribution in [3.05, 3.63) is 52.0 Å². The van der Waals surface area contributed by atoms with Crippen LogP contribution in [0.5, 0.6) is 5.75 Å². The van der Waals surface area contributed by atoms with Gasteiger partial charge >= 0.3 is 11.8 Å². The van der Waals surface area contributed by atoms with E-state index < -0.39 is 11.8 Å². The van der Waals surface area contributed by atoms with E-state index in [9.17, 15) is 14.7 Å². The quantitative estimate of drug-likeness (QED) is 0.561. The zero-order chi connectivity index (χ0) is 15.4. The molecular formula is C14H10BrClN2O3. The SMILES string of the molecule is O=C(Nc1ccc(Br)cc1)C(=O)Nc1cc(Cl)ccc1O. The van der Waals surface area contributed by atoms with Gasteiger partial charge in [0.1, 0.15) is 5.75 Å². The van der Waals surface area contributed by atoms with Gasteiger partial charge in [-0.3, -0.25) is 9.59 Å². The molecule has 5 nitrogen and oxygen atoms in total. The van der Waals surface area contributed by atoms with Gasteiger partial charge in [0.15, 0.2) is 0 Å². The Hall–Kier alpha value is -2.05. The van der Waals surface area contributed by atoms with Crippen molar-refractivity contribution >= 4 is 50.7 Å². The molecule has 0 aliphatic rings. The first-order valence-electron chi connectivity index (χ1n) is 5.82. The summed E-state index contributed by atoms with van der Waals surface area (Å²) >= 11 is 9.02. The molecule has 21 heavy (non-hydrogen) atoms. The minimum Gasteiger partial charge on any atom is -0.506 e. The highest BCUT2D eigenvalue weighted by molar-refractivity contribution is 9.10. The molecule has 0 aromatic heterocycles. The average molecular weight is 370 g/mol. The zero-order valence-electron chi connectivity index (χ0n) is 10.6. The summed E-state index contributed by atoms with van der Waals surface area (Å²) in [4.78, 5) is 23.5. The van der Waals surface area contributed by atoms with E-state index in [4.69, 9.17) is 11.6 Å². The lowest BCUT2D eigenvalue weighted by Crippen LogP contribution is -2.29. The molecule has 0 atom stereocenters. The highest BCUT2D eigenvalue weighted by atomic mass is 79.9. The highest BCUT2D eigenvalue weighted by Crippen LogP contribution is 2.26. The van der Waals surface area contributed by atoms with Gasteiger partial charge in [-0.2, -0.15) is 0 Å². The number of anilines is 2. The van der Waals surface area contributed by atoms with Gasteiger partial charge in [0.25, 0.3) is 0 Å². The van der Waals surface area contributed by atoms with E-state index in [1.807, 2.05) is 0 Å². The van der Waals surface area contributed by atoms with Crippen molar-refractivity contribution in [2.24, 2.45) is 0 Å². The predicted molar refractivity (Wildman–Crippen MR) is 84.5 cm³/mol. The molecule has 108 valence electrons. The van der Waals surface area contributed by atoms with Crippen LogP contribution in [0.2, 0.25) is 5.02 Å². The van der Waals surface area contributed by atoms with Crippen LogP contribution < -0.4 is 10.6 Å². The van der Waals surface area contributed by atoms with E-state index in [0.717, 1.165) is 4.47 Å². The smallest absolute Gasteiger partial charge is 0.314 e. The molecule has 2 aromatic rings. The summed E-state index contributed by atoms with van der Waals surface area (Å²) in [6.07, 6.45) is 0. The topological polar surface area (TPSA) is 78.4 Å². The van der Waals surface area contributed by atoms with Crippen LogP contribution >= 0.6 is 27.5 Å². The van der Waals surface area contributed by atoms with Crippen molar-refractivity contribution in [3.63, 3.8) is 0 Å². The number of rotatable bonds is 2. The molecule has 0 radical (unpaired) electrons. The van der Waals surface area contributed by atoms with Crippen LogP contribution in [0.1, 0.15) is 0 Å². The molecule has 0 saturated carbocycles. The Labute approximate surface area is 134 Å². The first kappa shape index (κ1) is 15.3. The number of halogens is 2. The van der Waals surface area contributed by atoms with Crippen LogP contribution in [0, 0.1) is 0 Å². The molecule has 0 heterocycles. The summed E-state index contributed by atoms with van der Waals surface area (Å²) in [5, 5.41) is 14.6. The van der Waals surface area contributed by atoms with E-state index in [-0.39, 0.29) is 11.4 Å². The lowest BCUT2D eigenvalue weighted by atomic mass is 10.3. The fourth-order valence-corrected chi connectivity index (χ4v) is 1.94. The number of hydrogen-bond acceptors (Lipinski definition) is 3. The van der Waals surface area contributed by atoms with E-state index in [1.165, 1.54) is 18.2 Å². The van der Waals surface area contributed by atoms with Crippen LogP contribution in [0.15, 0.2) is 46.9 Å². The van der Waals surface area contributed by atoms with Crippen LogP contribution in [-0.4, -0.2) is 16.9 Å². The number of phenols is 1. The van der Waals surface area contributed by atoms with Gasteiger partial charge in [-0.25, -0.2) is 0 Å². The zero-order valence-corrected chi connectivity index (χ0v) is 12.9. The second kappa shape index (κ2) is 6.60. The number of hydrogen-bond donors (Lipinski definition) is 3. The van der Waals surface area contributed by atoms with Gasteiger partial charge in [-0.05, 0) is 42.5 Å². The van der Waals surface area contributed by atoms with Gasteiger partial charge in [-0.15, -0.1) is 0 Å². The summed E-state index contributed by atoms with van der Waals surface area (Å²) in [6, 6.07) is 10.9. The summed E-state index contributed by atoms with van der Waals surface area (Å²) in [6.45, 7) is 0. The van der Waals surface area contributed by atoms with E-state index >= 15 is 0 Å². The minimum absolute atomic E-state index is 0.0680. The largest absolute Gasteiger partial charge is 0.506 e. The Morgan fingerprint density at radius 1 is 1.00 bits per heavy atom.